The molecule has 38 heavy (non-hydrogen) atoms. The average Bonchev–Trinajstić information content (AvgIpc) is 3.21. The number of imide groups is 1. The summed E-state index contributed by atoms with van der Waals surface area (Å²) in [6, 6.07) is 10.9. The monoisotopic (exact) mass is 548 g/mol. The van der Waals surface area contributed by atoms with E-state index >= 15 is 0 Å². The topological polar surface area (TPSA) is 185 Å². The van der Waals surface area contributed by atoms with Gasteiger partial charge in [-0.15, -0.1) is 0 Å². The largest absolute Gasteiger partial charge is 0.493 e. The van der Waals surface area contributed by atoms with Gasteiger partial charge in [-0.05, 0) is 42.7 Å². The van der Waals surface area contributed by atoms with Crippen LogP contribution in [0.25, 0.3) is 0 Å². The quantitative estimate of drug-likeness (QED) is 0.278. The van der Waals surface area contributed by atoms with Crippen molar-refractivity contribution in [3.05, 3.63) is 59.4 Å². The van der Waals surface area contributed by atoms with E-state index in [0.29, 0.717) is 30.8 Å². The fourth-order valence-corrected chi connectivity index (χ4v) is 4.87. The van der Waals surface area contributed by atoms with E-state index in [1.54, 1.807) is 37.4 Å². The molecule has 0 spiro atoms. The van der Waals surface area contributed by atoms with Crippen molar-refractivity contribution in [1.29, 1.82) is 0 Å². The number of carboxylic acids is 1. The summed E-state index contributed by atoms with van der Waals surface area (Å²) in [6.07, 6.45) is -6.46. The lowest BCUT2D eigenvalue weighted by molar-refractivity contribution is -0.304. The Morgan fingerprint density at radius 1 is 1.11 bits per heavy atom. The number of hydrogen-bond donors (Lipinski definition) is 5. The Balaban J connectivity index is 1.24. The standard InChI is InChI=1S/C25H28N2O10S/c1-12(36-24-20(30)18(28)19(29)21(37-24)23(32)33)14-4-5-15(26-11-14)8-9-35-16-6-2-13(3-7-16)10-17-22(31)27-25(34)38-17/h2-7,11-12,17-21,24,28-30H,8-10H2,1H3,(H,32,33)(H,27,31,34)/t12-,17-,18-,19-,20-,21+,24+/m0/s1. The van der Waals surface area contributed by atoms with Crippen LogP contribution in [0, 0.1) is 0 Å². The fourth-order valence-electron chi connectivity index (χ4n) is 4.01. The molecule has 0 saturated carbocycles. The number of carbonyl (C=O) groups is 3. The summed E-state index contributed by atoms with van der Waals surface area (Å²) in [6.45, 7) is 2.02. The first-order chi connectivity index (χ1) is 18.1. The zero-order valence-corrected chi connectivity index (χ0v) is 21.1. The van der Waals surface area contributed by atoms with Crippen LogP contribution >= 0.6 is 11.8 Å². The van der Waals surface area contributed by atoms with Crippen molar-refractivity contribution in [3.63, 3.8) is 0 Å². The van der Waals surface area contributed by atoms with Gasteiger partial charge < -0.3 is 34.6 Å². The van der Waals surface area contributed by atoms with Gasteiger partial charge in [-0.2, -0.15) is 0 Å². The van der Waals surface area contributed by atoms with Crippen LogP contribution in [-0.4, -0.2) is 85.1 Å². The first-order valence-corrected chi connectivity index (χ1v) is 12.8. The predicted molar refractivity (Wildman–Crippen MR) is 132 cm³/mol. The van der Waals surface area contributed by atoms with Gasteiger partial charge in [0.25, 0.3) is 5.24 Å². The predicted octanol–water partition coefficient (Wildman–Crippen LogP) is 0.567. The lowest BCUT2D eigenvalue weighted by atomic mass is 9.99. The van der Waals surface area contributed by atoms with Gasteiger partial charge in [-0.25, -0.2) is 4.79 Å². The number of aliphatic hydroxyl groups excluding tert-OH is 3. The molecule has 2 saturated heterocycles. The van der Waals surface area contributed by atoms with E-state index in [2.05, 4.69) is 10.3 Å². The number of carbonyl (C=O) groups excluding carboxylic acids is 2. The Kier molecular flexibility index (Phi) is 8.97. The zero-order chi connectivity index (χ0) is 27.4. The Hall–Kier alpha value is -3.07. The maximum absolute atomic E-state index is 11.7. The highest BCUT2D eigenvalue weighted by Gasteiger charge is 2.48. The summed E-state index contributed by atoms with van der Waals surface area (Å²) in [5.74, 6) is -1.10. The third-order valence-electron chi connectivity index (χ3n) is 6.21. The van der Waals surface area contributed by atoms with Crippen LogP contribution < -0.4 is 10.1 Å². The van der Waals surface area contributed by atoms with Crippen LogP contribution in [0.15, 0.2) is 42.6 Å². The number of aliphatic carboxylic acids is 1. The molecular weight excluding hydrogens is 520 g/mol. The second kappa shape index (κ2) is 12.2. The van der Waals surface area contributed by atoms with Gasteiger partial charge >= 0.3 is 5.97 Å². The van der Waals surface area contributed by atoms with Gasteiger partial charge in [0.15, 0.2) is 12.4 Å². The number of ether oxygens (including phenoxy) is 3. The summed E-state index contributed by atoms with van der Waals surface area (Å²) >= 11 is 0.993. The highest BCUT2D eigenvalue weighted by atomic mass is 32.2. The minimum atomic E-state index is -1.79. The molecule has 4 rings (SSSR count). The third kappa shape index (κ3) is 6.67. The molecule has 1 aromatic heterocycles. The Labute approximate surface area is 221 Å². The maximum Gasteiger partial charge on any atom is 0.335 e. The van der Waals surface area contributed by atoms with Gasteiger partial charge in [0.05, 0.1) is 18.0 Å². The van der Waals surface area contributed by atoms with Crippen molar-refractivity contribution in [2.75, 3.05) is 6.61 Å². The number of aliphatic hydroxyl groups is 3. The minimum Gasteiger partial charge on any atom is -0.493 e. The molecule has 0 aliphatic carbocycles. The number of amides is 2. The van der Waals surface area contributed by atoms with Crippen molar-refractivity contribution >= 4 is 28.9 Å². The molecule has 2 aromatic rings. The SMILES string of the molecule is C[C@H](O[C@@H]1O[C@@H](C(=O)O)[C@@H](O)[C@H](O)[C@@H]1O)c1ccc(CCOc2ccc(C[C@@H]3SC(=O)NC3=O)cc2)nc1. The number of nitrogens with one attached hydrogen (secondary N) is 1. The lowest BCUT2D eigenvalue weighted by Gasteiger charge is -2.39. The van der Waals surface area contributed by atoms with Gasteiger partial charge in [-0.3, -0.25) is 19.9 Å². The van der Waals surface area contributed by atoms with Gasteiger partial charge in [0.2, 0.25) is 5.91 Å². The molecule has 13 heteroatoms. The number of hydrogen-bond acceptors (Lipinski definition) is 11. The Bertz CT molecular complexity index is 1150. The van der Waals surface area contributed by atoms with E-state index in [1.807, 2.05) is 12.1 Å². The molecule has 0 radical (unpaired) electrons. The maximum atomic E-state index is 11.7. The van der Waals surface area contributed by atoms with Gasteiger partial charge in [-0.1, -0.05) is 30.0 Å². The van der Waals surface area contributed by atoms with E-state index in [-0.39, 0.29) is 11.1 Å². The third-order valence-corrected chi connectivity index (χ3v) is 7.19. The highest BCUT2D eigenvalue weighted by molar-refractivity contribution is 8.15. The van der Waals surface area contributed by atoms with E-state index in [1.165, 1.54) is 0 Å². The Morgan fingerprint density at radius 3 is 2.45 bits per heavy atom. The molecule has 204 valence electrons. The number of thioether (sulfide) groups is 1. The van der Waals surface area contributed by atoms with E-state index in [0.717, 1.165) is 23.0 Å². The lowest BCUT2D eigenvalue weighted by Crippen LogP contribution is -2.60. The molecule has 0 bridgehead atoms. The van der Waals surface area contributed by atoms with Crippen molar-refractivity contribution in [2.24, 2.45) is 0 Å². The van der Waals surface area contributed by atoms with Crippen LogP contribution in [0.1, 0.15) is 29.8 Å². The normalized spacial score (nSPS) is 28.1. The first kappa shape index (κ1) is 28.0. The first-order valence-electron chi connectivity index (χ1n) is 11.9. The highest BCUT2D eigenvalue weighted by Crippen LogP contribution is 2.28. The molecule has 5 N–H and O–H groups in total. The number of aromatic nitrogens is 1. The molecule has 2 amide bonds. The number of carboxylic acid groups (broad SMARTS) is 1. The number of pyridine rings is 1. The van der Waals surface area contributed by atoms with Crippen LogP contribution in [0.2, 0.25) is 0 Å². The average molecular weight is 549 g/mol. The molecular formula is C25H28N2O10S. The second-order valence-electron chi connectivity index (χ2n) is 8.93. The van der Waals surface area contributed by atoms with Gasteiger partial charge in [0, 0.05) is 18.3 Å². The van der Waals surface area contributed by atoms with Crippen molar-refractivity contribution in [2.45, 2.75) is 61.8 Å². The van der Waals surface area contributed by atoms with Gasteiger partial charge in [0.1, 0.15) is 24.1 Å². The van der Waals surface area contributed by atoms with E-state index in [9.17, 15) is 29.7 Å². The van der Waals surface area contributed by atoms with E-state index in [4.69, 9.17) is 19.3 Å². The molecule has 12 nitrogen and oxygen atoms in total. The number of benzene rings is 1. The number of nitrogens with zero attached hydrogens (tertiary/aromatic N) is 1. The Morgan fingerprint density at radius 2 is 1.84 bits per heavy atom. The van der Waals surface area contributed by atoms with Crippen molar-refractivity contribution in [3.8, 4) is 5.75 Å². The molecule has 2 aliphatic rings. The van der Waals surface area contributed by atoms with Crippen molar-refractivity contribution < 1.29 is 49.0 Å². The molecule has 2 fully saturated rings. The summed E-state index contributed by atoms with van der Waals surface area (Å²) in [4.78, 5) is 38.6. The summed E-state index contributed by atoms with van der Waals surface area (Å²) < 4.78 is 16.5. The second-order valence-corrected chi connectivity index (χ2v) is 10.1. The zero-order valence-electron chi connectivity index (χ0n) is 20.3. The smallest absolute Gasteiger partial charge is 0.335 e. The molecule has 0 unspecified atom stereocenters. The minimum absolute atomic E-state index is 0.273. The number of rotatable bonds is 10. The van der Waals surface area contributed by atoms with Crippen LogP contribution in [0.4, 0.5) is 4.79 Å². The summed E-state index contributed by atoms with van der Waals surface area (Å²) in [5, 5.41) is 40.5. The fraction of sp³-hybridized carbons (Fsp3) is 0.440. The molecule has 3 heterocycles. The molecule has 2 aliphatic heterocycles. The van der Waals surface area contributed by atoms with Crippen LogP contribution in [0.5, 0.6) is 5.75 Å². The van der Waals surface area contributed by atoms with Crippen LogP contribution in [0.3, 0.4) is 0 Å². The summed E-state index contributed by atoms with van der Waals surface area (Å²) in [5.41, 5.74) is 2.30. The molecule has 1 aromatic carbocycles. The molecule has 7 atom stereocenters. The summed E-state index contributed by atoms with van der Waals surface area (Å²) in [7, 11) is 0. The van der Waals surface area contributed by atoms with Crippen molar-refractivity contribution in [1.82, 2.24) is 10.3 Å². The van der Waals surface area contributed by atoms with E-state index < -0.39 is 48.0 Å². The van der Waals surface area contributed by atoms with Crippen LogP contribution in [-0.2, 0) is 31.9 Å².